The molecule has 1 N–H and O–H groups in total. The topological polar surface area (TPSA) is 84.6 Å². The molecule has 0 aliphatic heterocycles. The van der Waals surface area contributed by atoms with E-state index >= 15 is 0 Å². The smallest absolute Gasteiger partial charge is 0.328 e. The maximum atomic E-state index is 10.3. The summed E-state index contributed by atoms with van der Waals surface area (Å²) >= 11 is 0. The molecule has 1 heterocycles. The predicted molar refractivity (Wildman–Crippen MR) is 39.7 cm³/mol. The molecule has 12 heavy (non-hydrogen) atoms. The van der Waals surface area contributed by atoms with Gasteiger partial charge in [-0.05, 0) is 12.1 Å². The second kappa shape index (κ2) is 4.20. The second-order valence-corrected chi connectivity index (χ2v) is 3.10. The van der Waals surface area contributed by atoms with Crippen molar-refractivity contribution in [2.24, 2.45) is 0 Å². The zero-order chi connectivity index (χ0) is 8.48. The van der Waals surface area contributed by atoms with Gasteiger partial charge in [-0.3, -0.25) is 9.35 Å². The largest absolute Gasteiger partial charge is 0.439 e. The van der Waals surface area contributed by atoms with E-state index in [-0.39, 0.29) is 35.3 Å². The van der Waals surface area contributed by atoms with Crippen LogP contribution in [0.25, 0.3) is 0 Å². The molecule has 0 amide bonds. The van der Waals surface area contributed by atoms with E-state index in [9.17, 15) is 13.2 Å². The fraction of sp³-hybridized carbons (Fsp3) is 0. The molecule has 0 saturated heterocycles. The molecule has 0 aromatic carbocycles. The third kappa shape index (κ3) is 2.72. The molecule has 0 fully saturated rings. The summed E-state index contributed by atoms with van der Waals surface area (Å²) in [5.41, 5.74) is 0. The van der Waals surface area contributed by atoms with Crippen molar-refractivity contribution in [3.63, 3.8) is 0 Å². The van der Waals surface area contributed by atoms with E-state index < -0.39 is 15.2 Å². The van der Waals surface area contributed by atoms with Gasteiger partial charge in [-0.2, -0.15) is 8.42 Å². The van der Waals surface area contributed by atoms with Crippen LogP contribution >= 0.6 is 0 Å². The minimum absolute atomic E-state index is 0. The van der Waals surface area contributed by atoms with E-state index in [1.54, 1.807) is 0 Å². The molecule has 1 aromatic rings. The van der Waals surface area contributed by atoms with Gasteiger partial charge in [-0.1, -0.05) is 0 Å². The molecule has 1 radical (unpaired) electrons. The van der Waals surface area contributed by atoms with Gasteiger partial charge < -0.3 is 4.42 Å². The van der Waals surface area contributed by atoms with Crippen LogP contribution in [0, 0.1) is 0 Å². The zero-order valence-corrected chi connectivity index (χ0v) is 9.04. The number of aldehydes is 1. The Morgan fingerprint density at radius 2 is 2.00 bits per heavy atom. The maximum absolute atomic E-state index is 10.3. The Bertz CT molecular complexity index is 365. The number of hydrogen-bond donors (Lipinski definition) is 1. The minimum atomic E-state index is -4.32. The van der Waals surface area contributed by atoms with Gasteiger partial charge in [0.15, 0.2) is 12.0 Å². The van der Waals surface area contributed by atoms with E-state index in [0.29, 0.717) is 6.29 Å². The average Bonchev–Trinajstić information content (AvgIpc) is 2.32. The molecule has 61 valence electrons. The number of carbonyl (C=O) groups excluding carboxylic acids is 1. The first-order valence-electron chi connectivity index (χ1n) is 2.56. The molecular formula is C5H4NaO5S. The van der Waals surface area contributed by atoms with Crippen LogP contribution in [0.2, 0.25) is 0 Å². The van der Waals surface area contributed by atoms with Gasteiger partial charge in [0.05, 0.1) is 0 Å². The molecule has 0 aliphatic carbocycles. The summed E-state index contributed by atoms with van der Waals surface area (Å²) in [6, 6.07) is 2.15. The molecule has 5 nitrogen and oxygen atoms in total. The molecule has 0 bridgehead atoms. The second-order valence-electron chi connectivity index (χ2n) is 1.75. The van der Waals surface area contributed by atoms with Crippen molar-refractivity contribution in [2.45, 2.75) is 5.09 Å². The Balaban J connectivity index is 0.00000121. The van der Waals surface area contributed by atoms with E-state index in [1.165, 1.54) is 0 Å². The summed E-state index contributed by atoms with van der Waals surface area (Å²) in [7, 11) is -4.32. The van der Waals surface area contributed by atoms with Crippen molar-refractivity contribution in [2.75, 3.05) is 0 Å². The van der Waals surface area contributed by atoms with Crippen LogP contribution in [0.4, 0.5) is 0 Å². The summed E-state index contributed by atoms with van der Waals surface area (Å²) in [6.07, 6.45) is 0.342. The zero-order valence-electron chi connectivity index (χ0n) is 6.22. The molecule has 1 rings (SSSR count). The first kappa shape index (κ1) is 11.9. The molecule has 0 saturated carbocycles. The Kier molecular flexibility index (Phi) is 4.15. The van der Waals surface area contributed by atoms with Crippen LogP contribution in [-0.4, -0.2) is 48.8 Å². The summed E-state index contributed by atoms with van der Waals surface area (Å²) < 4.78 is 33.4. The van der Waals surface area contributed by atoms with Crippen LogP contribution in [-0.2, 0) is 10.1 Å². The number of furan rings is 1. The standard InChI is InChI=1S/C5H4O5S.Na/c6-3-4-1-2-5(10-4)11(7,8)9;/h1-3H,(H,7,8,9);. The van der Waals surface area contributed by atoms with E-state index in [1.807, 2.05) is 0 Å². The van der Waals surface area contributed by atoms with Crippen LogP contribution in [0.5, 0.6) is 0 Å². The summed E-state index contributed by atoms with van der Waals surface area (Å²) in [5, 5.41) is -0.625. The molecular weight excluding hydrogens is 195 g/mol. The van der Waals surface area contributed by atoms with Crippen molar-refractivity contribution in [1.29, 1.82) is 0 Å². The van der Waals surface area contributed by atoms with Crippen molar-refractivity contribution < 1.29 is 22.2 Å². The van der Waals surface area contributed by atoms with Gasteiger partial charge in [0, 0.05) is 29.6 Å². The van der Waals surface area contributed by atoms with Crippen LogP contribution in [0.3, 0.4) is 0 Å². The van der Waals surface area contributed by atoms with Gasteiger partial charge >= 0.3 is 10.1 Å². The normalized spacial score (nSPS) is 10.4. The van der Waals surface area contributed by atoms with E-state index in [2.05, 4.69) is 4.42 Å². The van der Waals surface area contributed by atoms with Crippen LogP contribution in [0.1, 0.15) is 10.6 Å². The molecule has 0 unspecified atom stereocenters. The molecule has 1 aromatic heterocycles. The van der Waals surface area contributed by atoms with Gasteiger partial charge in [0.1, 0.15) is 0 Å². The van der Waals surface area contributed by atoms with Crippen molar-refractivity contribution >= 4 is 46.0 Å². The van der Waals surface area contributed by atoms with Crippen molar-refractivity contribution in [3.05, 3.63) is 17.9 Å². The monoisotopic (exact) mass is 199 g/mol. The number of rotatable bonds is 2. The average molecular weight is 199 g/mol. The SMILES string of the molecule is O=Cc1ccc(S(=O)(=O)O)o1.[Na]. The van der Waals surface area contributed by atoms with Crippen molar-refractivity contribution in [1.82, 2.24) is 0 Å². The van der Waals surface area contributed by atoms with Gasteiger partial charge in [-0.25, -0.2) is 0 Å². The Labute approximate surface area is 90.8 Å². The first-order valence-corrected chi connectivity index (χ1v) is 4.00. The molecule has 7 heteroatoms. The van der Waals surface area contributed by atoms with Crippen LogP contribution < -0.4 is 0 Å². The van der Waals surface area contributed by atoms with Crippen LogP contribution in [0.15, 0.2) is 21.6 Å². The fourth-order valence-corrected chi connectivity index (χ4v) is 0.978. The van der Waals surface area contributed by atoms with Gasteiger partial charge in [0.25, 0.3) is 0 Å². The van der Waals surface area contributed by atoms with E-state index in [0.717, 1.165) is 12.1 Å². The number of hydrogen-bond acceptors (Lipinski definition) is 4. The van der Waals surface area contributed by atoms with Crippen molar-refractivity contribution in [3.8, 4) is 0 Å². The minimum Gasteiger partial charge on any atom is -0.439 e. The van der Waals surface area contributed by atoms with Gasteiger partial charge in [0.2, 0.25) is 5.09 Å². The fourth-order valence-electron chi connectivity index (χ4n) is 0.536. The van der Waals surface area contributed by atoms with Gasteiger partial charge in [-0.15, -0.1) is 0 Å². The quantitative estimate of drug-likeness (QED) is 0.410. The summed E-state index contributed by atoms with van der Waals surface area (Å²) in [6.45, 7) is 0. The Morgan fingerprint density at radius 3 is 2.25 bits per heavy atom. The summed E-state index contributed by atoms with van der Waals surface area (Å²) in [4.78, 5) is 9.98. The Hall–Kier alpha value is -0.140. The maximum Gasteiger partial charge on any atom is 0.328 e. The molecule has 0 atom stereocenters. The molecule has 0 spiro atoms. The first-order chi connectivity index (χ1) is 5.04. The molecule has 0 aliphatic rings. The Morgan fingerprint density at radius 1 is 1.42 bits per heavy atom. The number of carbonyl (C=O) groups is 1. The van der Waals surface area contributed by atoms with E-state index in [4.69, 9.17) is 4.55 Å². The predicted octanol–water partition coefficient (Wildman–Crippen LogP) is -0.0420. The third-order valence-corrected chi connectivity index (χ3v) is 1.70. The summed E-state index contributed by atoms with van der Waals surface area (Å²) in [5.74, 6) is -0.141. The third-order valence-electron chi connectivity index (χ3n) is 0.973.